The lowest BCUT2D eigenvalue weighted by atomic mass is 10.0. The van der Waals surface area contributed by atoms with Crippen LogP contribution >= 0.6 is 0 Å². The molecule has 3 nitrogen and oxygen atoms in total. The van der Waals surface area contributed by atoms with Gasteiger partial charge in [-0.3, -0.25) is 0 Å². The van der Waals surface area contributed by atoms with Crippen molar-refractivity contribution in [1.82, 2.24) is 4.72 Å². The molecule has 0 fully saturated rings. The first-order valence-corrected chi connectivity index (χ1v) is 8.54. The van der Waals surface area contributed by atoms with Gasteiger partial charge in [0.15, 0.2) is 0 Å². The molecule has 0 bridgehead atoms. The van der Waals surface area contributed by atoms with Crippen LogP contribution in [0.1, 0.15) is 35.2 Å². The Morgan fingerprint density at radius 2 is 1.64 bits per heavy atom. The van der Waals surface area contributed by atoms with Gasteiger partial charge in [0.05, 0.1) is 4.90 Å². The van der Waals surface area contributed by atoms with Gasteiger partial charge in [0, 0.05) is 6.04 Å². The smallest absolute Gasteiger partial charge is 0.207 e. The van der Waals surface area contributed by atoms with Crippen molar-refractivity contribution in [2.24, 2.45) is 0 Å². The van der Waals surface area contributed by atoms with E-state index in [1.807, 2.05) is 32.0 Å². The number of hydrogen-bond donors (Lipinski definition) is 1. The molecule has 22 heavy (non-hydrogen) atoms. The predicted octanol–water partition coefficient (Wildman–Crippen LogP) is 3.79. The number of sulfonamides is 1. The quantitative estimate of drug-likeness (QED) is 0.931. The Labute approximate surface area is 131 Å². The number of aryl methyl sites for hydroxylation is 3. The van der Waals surface area contributed by atoms with Gasteiger partial charge in [0.25, 0.3) is 0 Å². The van der Waals surface area contributed by atoms with E-state index in [2.05, 4.69) is 4.72 Å². The third kappa shape index (κ3) is 3.54. The van der Waals surface area contributed by atoms with Crippen LogP contribution in [0, 0.1) is 26.6 Å². The van der Waals surface area contributed by atoms with E-state index in [0.717, 1.165) is 22.8 Å². The highest BCUT2D eigenvalue weighted by atomic mass is 32.2. The maximum absolute atomic E-state index is 13.1. The Bertz CT molecular complexity index is 800. The zero-order valence-electron chi connectivity index (χ0n) is 13.1. The molecule has 5 heteroatoms. The minimum atomic E-state index is -3.69. The molecule has 0 aliphatic carbocycles. The molecule has 0 aliphatic rings. The van der Waals surface area contributed by atoms with Crippen molar-refractivity contribution in [2.45, 2.75) is 38.6 Å². The Morgan fingerprint density at radius 1 is 0.955 bits per heavy atom. The lowest BCUT2D eigenvalue weighted by Crippen LogP contribution is -2.27. The van der Waals surface area contributed by atoms with E-state index in [1.54, 1.807) is 13.8 Å². The highest BCUT2D eigenvalue weighted by Gasteiger charge is 2.20. The highest BCUT2D eigenvalue weighted by molar-refractivity contribution is 7.89. The van der Waals surface area contributed by atoms with Crippen LogP contribution in [0.3, 0.4) is 0 Å². The molecule has 1 N–H and O–H groups in total. The van der Waals surface area contributed by atoms with E-state index >= 15 is 0 Å². The van der Waals surface area contributed by atoms with Crippen molar-refractivity contribution < 1.29 is 12.8 Å². The van der Waals surface area contributed by atoms with Gasteiger partial charge in [-0.25, -0.2) is 17.5 Å². The summed E-state index contributed by atoms with van der Waals surface area (Å²) in [7, 11) is -3.69. The molecule has 0 amide bonds. The maximum Gasteiger partial charge on any atom is 0.241 e. The first kappa shape index (κ1) is 16.6. The molecule has 0 heterocycles. The molecule has 0 aliphatic heterocycles. The standard InChI is InChI=1S/C17H20FNO2S/c1-11-5-6-15(9-12(11)2)14(4)19-22(20,21)17-8-7-16(18)10-13(17)3/h5-10,14,19H,1-4H3/t14-/m1/s1. The van der Waals surface area contributed by atoms with Gasteiger partial charge < -0.3 is 0 Å². The Balaban J connectivity index is 2.29. The fourth-order valence-electron chi connectivity index (χ4n) is 2.31. The molecule has 0 radical (unpaired) electrons. The molecule has 0 spiro atoms. The third-order valence-electron chi connectivity index (χ3n) is 3.79. The zero-order valence-corrected chi connectivity index (χ0v) is 14.0. The van der Waals surface area contributed by atoms with E-state index in [-0.39, 0.29) is 10.9 Å². The van der Waals surface area contributed by atoms with E-state index in [1.165, 1.54) is 12.1 Å². The highest BCUT2D eigenvalue weighted by Crippen LogP contribution is 2.21. The van der Waals surface area contributed by atoms with Gasteiger partial charge in [0.2, 0.25) is 10.0 Å². The number of hydrogen-bond acceptors (Lipinski definition) is 2. The molecule has 0 saturated carbocycles. The van der Waals surface area contributed by atoms with Gasteiger partial charge in [-0.15, -0.1) is 0 Å². The SMILES string of the molecule is Cc1ccc([C@@H](C)NS(=O)(=O)c2ccc(F)cc2C)cc1C. The van der Waals surface area contributed by atoms with Gasteiger partial charge in [0.1, 0.15) is 5.82 Å². The Kier molecular flexibility index (Phi) is 4.68. The second-order valence-corrected chi connectivity index (χ2v) is 7.28. The maximum atomic E-state index is 13.1. The van der Waals surface area contributed by atoms with Crippen LogP contribution in [0.2, 0.25) is 0 Å². The van der Waals surface area contributed by atoms with Gasteiger partial charge in [-0.05, 0) is 68.1 Å². The van der Waals surface area contributed by atoms with Crippen LogP contribution in [0.4, 0.5) is 4.39 Å². The fraction of sp³-hybridized carbons (Fsp3) is 0.294. The van der Waals surface area contributed by atoms with Gasteiger partial charge in [-0.1, -0.05) is 18.2 Å². The molecule has 1 atom stereocenters. The topological polar surface area (TPSA) is 46.2 Å². The summed E-state index contributed by atoms with van der Waals surface area (Å²) in [6.07, 6.45) is 0. The molecular weight excluding hydrogens is 301 g/mol. The van der Waals surface area contributed by atoms with Crippen molar-refractivity contribution in [3.8, 4) is 0 Å². The monoisotopic (exact) mass is 321 g/mol. The summed E-state index contributed by atoms with van der Waals surface area (Å²) in [4.78, 5) is 0.101. The minimum absolute atomic E-state index is 0.101. The molecule has 0 aromatic heterocycles. The largest absolute Gasteiger partial charge is 0.241 e. The Hall–Kier alpha value is -1.72. The molecule has 2 aromatic carbocycles. The van der Waals surface area contributed by atoms with Gasteiger partial charge in [-0.2, -0.15) is 0 Å². The van der Waals surface area contributed by atoms with E-state index in [9.17, 15) is 12.8 Å². The van der Waals surface area contributed by atoms with Crippen LogP contribution < -0.4 is 4.72 Å². The Morgan fingerprint density at radius 3 is 2.23 bits per heavy atom. The number of benzene rings is 2. The summed E-state index contributed by atoms with van der Waals surface area (Å²) in [6, 6.07) is 9.15. The first-order chi connectivity index (χ1) is 10.2. The summed E-state index contributed by atoms with van der Waals surface area (Å²) in [6.45, 7) is 7.37. The average molecular weight is 321 g/mol. The molecular formula is C17H20FNO2S. The van der Waals surface area contributed by atoms with E-state index in [4.69, 9.17) is 0 Å². The summed E-state index contributed by atoms with van der Waals surface area (Å²) < 4.78 is 40.7. The fourth-order valence-corrected chi connectivity index (χ4v) is 3.77. The number of halogens is 1. The normalized spacial score (nSPS) is 13.1. The summed E-state index contributed by atoms with van der Waals surface area (Å²) in [5.74, 6) is -0.446. The van der Waals surface area contributed by atoms with Crippen molar-refractivity contribution in [2.75, 3.05) is 0 Å². The van der Waals surface area contributed by atoms with Crippen LogP contribution in [-0.4, -0.2) is 8.42 Å². The first-order valence-electron chi connectivity index (χ1n) is 7.06. The molecule has 0 unspecified atom stereocenters. The van der Waals surface area contributed by atoms with Crippen LogP contribution in [0.5, 0.6) is 0 Å². The van der Waals surface area contributed by atoms with E-state index in [0.29, 0.717) is 5.56 Å². The van der Waals surface area contributed by atoms with Crippen molar-refractivity contribution in [3.05, 3.63) is 64.5 Å². The molecule has 118 valence electrons. The third-order valence-corrected chi connectivity index (χ3v) is 5.49. The van der Waals surface area contributed by atoms with Crippen LogP contribution in [0.15, 0.2) is 41.3 Å². The zero-order chi connectivity index (χ0) is 16.5. The predicted molar refractivity (Wildman–Crippen MR) is 85.8 cm³/mol. The lowest BCUT2D eigenvalue weighted by molar-refractivity contribution is 0.565. The number of rotatable bonds is 4. The van der Waals surface area contributed by atoms with Gasteiger partial charge >= 0.3 is 0 Å². The van der Waals surface area contributed by atoms with Crippen LogP contribution in [-0.2, 0) is 10.0 Å². The second-order valence-electron chi connectivity index (χ2n) is 5.60. The molecule has 2 rings (SSSR count). The second kappa shape index (κ2) is 6.18. The average Bonchev–Trinajstić information content (AvgIpc) is 2.40. The summed E-state index contributed by atoms with van der Waals surface area (Å²) in [5.41, 5.74) is 3.56. The van der Waals surface area contributed by atoms with Crippen molar-refractivity contribution in [1.29, 1.82) is 0 Å². The molecule has 0 saturated heterocycles. The lowest BCUT2D eigenvalue weighted by Gasteiger charge is -2.17. The van der Waals surface area contributed by atoms with Crippen molar-refractivity contribution in [3.63, 3.8) is 0 Å². The summed E-state index contributed by atoms with van der Waals surface area (Å²) in [5, 5.41) is 0. The van der Waals surface area contributed by atoms with Crippen LogP contribution in [0.25, 0.3) is 0 Å². The summed E-state index contributed by atoms with van der Waals surface area (Å²) >= 11 is 0. The minimum Gasteiger partial charge on any atom is -0.207 e. The number of nitrogens with one attached hydrogen (secondary N) is 1. The van der Waals surface area contributed by atoms with E-state index < -0.39 is 15.8 Å². The molecule has 2 aromatic rings. The van der Waals surface area contributed by atoms with Crippen molar-refractivity contribution >= 4 is 10.0 Å².